The number of aryl methyl sites for hydroxylation is 1. The van der Waals surface area contributed by atoms with Gasteiger partial charge in [0.05, 0.1) is 0 Å². The molecular formula is C13H16NO2Te+. The Hall–Kier alpha value is -0.980. The Balaban J connectivity index is 2.69. The number of rotatable bonds is 4. The Bertz CT molecular complexity index is 560. The van der Waals surface area contributed by atoms with Crippen molar-refractivity contribution in [3.63, 3.8) is 0 Å². The SMILES string of the molecule is C=CC[n+]1c(C)[te]c2cc(OC)c(OC)cc21. The summed E-state index contributed by atoms with van der Waals surface area (Å²) in [6.07, 6.45) is 1.93. The number of hydrogen-bond donors (Lipinski definition) is 0. The maximum absolute atomic E-state index is 5.35. The van der Waals surface area contributed by atoms with E-state index in [0.29, 0.717) is 0 Å². The molecule has 0 amide bonds. The van der Waals surface area contributed by atoms with E-state index in [-0.39, 0.29) is 20.4 Å². The molecule has 0 aliphatic heterocycles. The molecule has 2 aromatic rings. The predicted octanol–water partition coefficient (Wildman–Crippen LogP) is 1.70. The Morgan fingerprint density at radius 3 is 2.53 bits per heavy atom. The van der Waals surface area contributed by atoms with Crippen LogP contribution in [-0.4, -0.2) is 34.7 Å². The van der Waals surface area contributed by atoms with Crippen molar-refractivity contribution in [2.24, 2.45) is 0 Å². The number of nitrogens with zero attached hydrogens (tertiary/aromatic N) is 1. The van der Waals surface area contributed by atoms with Crippen LogP contribution in [0.3, 0.4) is 0 Å². The van der Waals surface area contributed by atoms with Crippen molar-refractivity contribution in [3.05, 3.63) is 28.5 Å². The van der Waals surface area contributed by atoms with Crippen LogP contribution >= 0.6 is 0 Å². The van der Waals surface area contributed by atoms with Crippen molar-refractivity contribution in [3.8, 4) is 11.5 Å². The number of allylic oxidation sites excluding steroid dienone is 1. The molecule has 1 aromatic heterocycles. The number of hydrogen-bond acceptors (Lipinski definition) is 2. The van der Waals surface area contributed by atoms with Crippen molar-refractivity contribution < 1.29 is 14.0 Å². The number of benzene rings is 1. The van der Waals surface area contributed by atoms with Gasteiger partial charge in [0.15, 0.2) is 0 Å². The normalized spacial score (nSPS) is 10.5. The number of ether oxygens (including phenoxy) is 2. The van der Waals surface area contributed by atoms with Gasteiger partial charge in [-0.2, -0.15) is 0 Å². The summed E-state index contributed by atoms with van der Waals surface area (Å²) in [7, 11) is 3.35. The standard InChI is InChI=1S/C13H16NO2Te/c1-5-6-14-9(2)17-13-8-12(16-4)11(15-3)7-10(13)14/h5,7-8H,1,6H2,2-4H3/q+1. The molecule has 4 heteroatoms. The molecule has 0 saturated carbocycles. The number of fused-ring (bicyclic) bond motifs is 1. The molecule has 0 aliphatic rings. The Labute approximate surface area is 111 Å². The van der Waals surface area contributed by atoms with Crippen LogP contribution in [0.5, 0.6) is 11.5 Å². The van der Waals surface area contributed by atoms with Crippen molar-refractivity contribution in [1.82, 2.24) is 0 Å². The summed E-state index contributed by atoms with van der Waals surface area (Å²) in [4.78, 5) is 0. The third kappa shape index (κ3) is 2.20. The topological polar surface area (TPSA) is 22.3 Å². The van der Waals surface area contributed by atoms with E-state index in [2.05, 4.69) is 30.2 Å². The first kappa shape index (κ1) is 12.5. The van der Waals surface area contributed by atoms with Crippen LogP contribution in [0.2, 0.25) is 0 Å². The average molecular weight is 346 g/mol. The molecule has 0 saturated heterocycles. The monoisotopic (exact) mass is 348 g/mol. The first-order valence-electron chi connectivity index (χ1n) is 5.37. The second-order valence-electron chi connectivity index (χ2n) is 3.70. The first-order chi connectivity index (χ1) is 8.21. The first-order valence-corrected chi connectivity index (χ1v) is 7.70. The van der Waals surface area contributed by atoms with Crippen LogP contribution in [0.4, 0.5) is 0 Å². The van der Waals surface area contributed by atoms with Crippen LogP contribution in [-0.2, 0) is 6.54 Å². The van der Waals surface area contributed by atoms with Gasteiger partial charge < -0.3 is 0 Å². The summed E-state index contributed by atoms with van der Waals surface area (Å²) in [6.45, 7) is 6.87. The molecule has 1 aromatic carbocycles. The summed E-state index contributed by atoms with van der Waals surface area (Å²) >= 11 is -0.263. The van der Waals surface area contributed by atoms with E-state index in [1.165, 1.54) is 12.6 Å². The second-order valence-corrected chi connectivity index (χ2v) is 7.22. The van der Waals surface area contributed by atoms with Crippen molar-refractivity contribution in [2.45, 2.75) is 13.5 Å². The number of methoxy groups -OCH3 is 2. The van der Waals surface area contributed by atoms with Gasteiger partial charge in [0.2, 0.25) is 0 Å². The van der Waals surface area contributed by atoms with Gasteiger partial charge >= 0.3 is 111 Å². The summed E-state index contributed by atoms with van der Waals surface area (Å²) in [6, 6.07) is 4.18. The Kier molecular flexibility index (Phi) is 3.76. The number of aromatic nitrogens is 1. The minimum atomic E-state index is -0.263. The zero-order valence-corrected chi connectivity index (χ0v) is 12.6. The fourth-order valence-corrected chi connectivity index (χ4v) is 4.85. The molecule has 17 heavy (non-hydrogen) atoms. The van der Waals surface area contributed by atoms with E-state index in [9.17, 15) is 0 Å². The van der Waals surface area contributed by atoms with E-state index in [0.717, 1.165) is 18.0 Å². The van der Waals surface area contributed by atoms with Crippen molar-refractivity contribution in [2.75, 3.05) is 14.2 Å². The third-order valence-electron chi connectivity index (χ3n) is 2.71. The molecule has 1 heterocycles. The molecule has 2 rings (SSSR count). The van der Waals surface area contributed by atoms with E-state index >= 15 is 0 Å². The van der Waals surface area contributed by atoms with Gasteiger partial charge in [-0.1, -0.05) is 0 Å². The molecule has 0 aliphatic carbocycles. The molecule has 0 unspecified atom stereocenters. The van der Waals surface area contributed by atoms with Crippen LogP contribution in [0.1, 0.15) is 3.71 Å². The summed E-state index contributed by atoms with van der Waals surface area (Å²) in [5.41, 5.74) is 1.25. The predicted molar refractivity (Wildman–Crippen MR) is 69.1 cm³/mol. The molecule has 0 radical (unpaired) electrons. The fourth-order valence-electron chi connectivity index (χ4n) is 1.88. The van der Waals surface area contributed by atoms with Gasteiger partial charge in [-0.3, -0.25) is 0 Å². The minimum absolute atomic E-state index is 0.263. The summed E-state index contributed by atoms with van der Waals surface area (Å²) in [5, 5.41) is 0. The van der Waals surface area contributed by atoms with Gasteiger partial charge in [-0.05, 0) is 0 Å². The Morgan fingerprint density at radius 2 is 1.94 bits per heavy atom. The third-order valence-corrected chi connectivity index (χ3v) is 5.74. The molecule has 0 atom stereocenters. The van der Waals surface area contributed by atoms with Gasteiger partial charge in [-0.25, -0.2) is 0 Å². The van der Waals surface area contributed by atoms with Crippen LogP contribution in [0.25, 0.3) is 8.92 Å². The average Bonchev–Trinajstić information content (AvgIpc) is 2.64. The molecule has 0 N–H and O–H groups in total. The molecule has 3 nitrogen and oxygen atoms in total. The van der Waals surface area contributed by atoms with Gasteiger partial charge in [0, 0.05) is 0 Å². The molecule has 0 fully saturated rings. The quantitative estimate of drug-likeness (QED) is 0.478. The van der Waals surface area contributed by atoms with Gasteiger partial charge in [0.25, 0.3) is 0 Å². The molecular weight excluding hydrogens is 330 g/mol. The zero-order valence-electron chi connectivity index (χ0n) is 10.3. The Morgan fingerprint density at radius 1 is 1.29 bits per heavy atom. The van der Waals surface area contributed by atoms with Crippen molar-refractivity contribution in [1.29, 1.82) is 0 Å². The second kappa shape index (κ2) is 5.12. The van der Waals surface area contributed by atoms with E-state index in [1.54, 1.807) is 14.2 Å². The molecule has 90 valence electrons. The van der Waals surface area contributed by atoms with Gasteiger partial charge in [-0.15, -0.1) is 0 Å². The molecule has 0 bridgehead atoms. The van der Waals surface area contributed by atoms with Crippen LogP contribution in [0.15, 0.2) is 24.8 Å². The summed E-state index contributed by atoms with van der Waals surface area (Å²) in [5.74, 6) is 1.62. The van der Waals surface area contributed by atoms with E-state index in [4.69, 9.17) is 9.47 Å². The fraction of sp³-hybridized carbons (Fsp3) is 0.308. The molecule has 0 spiro atoms. The maximum atomic E-state index is 5.35. The van der Waals surface area contributed by atoms with Crippen LogP contribution < -0.4 is 14.0 Å². The van der Waals surface area contributed by atoms with E-state index in [1.807, 2.05) is 6.08 Å². The van der Waals surface area contributed by atoms with Crippen LogP contribution in [0, 0.1) is 6.92 Å². The van der Waals surface area contributed by atoms with Gasteiger partial charge in [0.1, 0.15) is 0 Å². The van der Waals surface area contributed by atoms with Crippen molar-refractivity contribution >= 4 is 29.3 Å². The van der Waals surface area contributed by atoms with E-state index < -0.39 is 0 Å². The summed E-state index contributed by atoms with van der Waals surface area (Å²) < 4.78 is 15.9. The zero-order chi connectivity index (χ0) is 12.4.